The lowest BCUT2D eigenvalue weighted by molar-refractivity contribution is -0.154. The van der Waals surface area contributed by atoms with Crippen LogP contribution in [0.3, 0.4) is 0 Å². The van der Waals surface area contributed by atoms with Crippen LogP contribution in [-0.2, 0) is 5.54 Å². The summed E-state index contributed by atoms with van der Waals surface area (Å²) in [6, 6.07) is 4.46. The van der Waals surface area contributed by atoms with Crippen LogP contribution in [0.15, 0.2) is 23.0 Å². The van der Waals surface area contributed by atoms with E-state index in [1.54, 1.807) is 6.07 Å². The lowest BCUT2D eigenvalue weighted by Gasteiger charge is -2.59. The van der Waals surface area contributed by atoms with Crippen LogP contribution in [0, 0.1) is 17.7 Å². The summed E-state index contributed by atoms with van der Waals surface area (Å²) in [7, 11) is 0. The fraction of sp³-hybridized carbons (Fsp3) is 0.588. The highest BCUT2D eigenvalue weighted by molar-refractivity contribution is 7.13. The summed E-state index contributed by atoms with van der Waals surface area (Å²) in [5.74, 6) is 0.693. The van der Waals surface area contributed by atoms with Crippen molar-refractivity contribution in [1.82, 2.24) is 3.96 Å². The van der Waals surface area contributed by atoms with Crippen LogP contribution in [0.25, 0.3) is 10.1 Å². The molecule has 1 heterocycles. The SMILES string of the molecule is O=c1c2cc(F)ccc2sn1C12CC3CC(CC(O)(C3)C1)C2. The summed E-state index contributed by atoms with van der Waals surface area (Å²) in [6.07, 6.45) is 5.63. The number of benzene rings is 1. The van der Waals surface area contributed by atoms with Crippen molar-refractivity contribution in [3.05, 3.63) is 34.4 Å². The highest BCUT2D eigenvalue weighted by Gasteiger charge is 2.58. The molecule has 116 valence electrons. The van der Waals surface area contributed by atoms with Gasteiger partial charge in [-0.1, -0.05) is 11.5 Å². The van der Waals surface area contributed by atoms with E-state index in [0.717, 1.165) is 30.4 Å². The maximum absolute atomic E-state index is 13.5. The van der Waals surface area contributed by atoms with Crippen molar-refractivity contribution in [2.45, 2.75) is 49.7 Å². The van der Waals surface area contributed by atoms with E-state index in [1.165, 1.54) is 30.1 Å². The summed E-state index contributed by atoms with van der Waals surface area (Å²) in [6.45, 7) is 0. The van der Waals surface area contributed by atoms with Crippen molar-refractivity contribution < 1.29 is 9.50 Å². The first-order chi connectivity index (χ1) is 10.5. The van der Waals surface area contributed by atoms with Gasteiger partial charge < -0.3 is 5.11 Å². The van der Waals surface area contributed by atoms with Gasteiger partial charge in [-0.25, -0.2) is 4.39 Å². The third kappa shape index (κ3) is 1.67. The first kappa shape index (κ1) is 13.3. The maximum atomic E-state index is 13.5. The molecule has 2 unspecified atom stereocenters. The second-order valence-corrected chi connectivity index (χ2v) is 8.73. The highest BCUT2D eigenvalue weighted by Crippen LogP contribution is 2.60. The molecule has 0 saturated heterocycles. The summed E-state index contributed by atoms with van der Waals surface area (Å²) < 4.78 is 16.2. The van der Waals surface area contributed by atoms with Crippen molar-refractivity contribution >= 4 is 21.6 Å². The third-order valence-electron chi connectivity index (χ3n) is 5.98. The summed E-state index contributed by atoms with van der Waals surface area (Å²) in [4.78, 5) is 12.8. The number of fused-ring (bicyclic) bond motifs is 1. The van der Waals surface area contributed by atoms with Gasteiger partial charge >= 0.3 is 0 Å². The van der Waals surface area contributed by atoms with Gasteiger partial charge in [-0.15, -0.1) is 0 Å². The number of aliphatic hydroxyl groups is 1. The van der Waals surface area contributed by atoms with Gasteiger partial charge in [0.05, 0.1) is 21.2 Å². The average molecular weight is 319 g/mol. The molecule has 1 aromatic heterocycles. The molecule has 4 bridgehead atoms. The molecule has 0 radical (unpaired) electrons. The van der Waals surface area contributed by atoms with Crippen LogP contribution in [0.2, 0.25) is 0 Å². The average Bonchev–Trinajstić information content (AvgIpc) is 2.74. The van der Waals surface area contributed by atoms with Crippen LogP contribution in [0.1, 0.15) is 38.5 Å². The molecule has 0 amide bonds. The Hall–Kier alpha value is -1.20. The minimum Gasteiger partial charge on any atom is -0.390 e. The van der Waals surface area contributed by atoms with E-state index in [4.69, 9.17) is 0 Å². The van der Waals surface area contributed by atoms with E-state index < -0.39 is 5.60 Å². The number of nitrogens with zero attached hydrogens (tertiary/aromatic N) is 1. The Balaban J connectivity index is 1.71. The maximum Gasteiger partial charge on any atom is 0.269 e. The Bertz CT molecular complexity index is 825. The normalized spacial score (nSPS) is 39.7. The number of halogens is 1. The molecule has 22 heavy (non-hydrogen) atoms. The van der Waals surface area contributed by atoms with E-state index >= 15 is 0 Å². The second-order valence-electron chi connectivity index (χ2n) is 7.74. The van der Waals surface area contributed by atoms with E-state index in [1.807, 2.05) is 3.96 Å². The topological polar surface area (TPSA) is 42.2 Å². The molecule has 3 nitrogen and oxygen atoms in total. The predicted octanol–water partition coefficient (Wildman–Crippen LogP) is 3.24. The lowest BCUT2D eigenvalue weighted by Crippen LogP contribution is -2.60. The number of rotatable bonds is 1. The molecule has 5 heteroatoms. The van der Waals surface area contributed by atoms with Crippen molar-refractivity contribution in [3.63, 3.8) is 0 Å². The van der Waals surface area contributed by atoms with Gasteiger partial charge in [0.2, 0.25) is 0 Å². The van der Waals surface area contributed by atoms with Crippen LogP contribution in [-0.4, -0.2) is 14.7 Å². The molecule has 4 aliphatic carbocycles. The molecule has 4 fully saturated rings. The van der Waals surface area contributed by atoms with Crippen molar-refractivity contribution in [2.24, 2.45) is 11.8 Å². The Morgan fingerprint density at radius 2 is 1.95 bits per heavy atom. The molecule has 0 spiro atoms. The van der Waals surface area contributed by atoms with Gasteiger partial charge in [-0.05, 0) is 62.1 Å². The highest BCUT2D eigenvalue weighted by atomic mass is 32.1. The molecule has 4 aliphatic rings. The van der Waals surface area contributed by atoms with E-state index in [0.29, 0.717) is 23.6 Å². The molecule has 0 aliphatic heterocycles. The lowest BCUT2D eigenvalue weighted by atomic mass is 9.51. The summed E-state index contributed by atoms with van der Waals surface area (Å²) in [5.41, 5.74) is -0.911. The first-order valence-electron chi connectivity index (χ1n) is 8.01. The van der Waals surface area contributed by atoms with Gasteiger partial charge in [-0.3, -0.25) is 8.75 Å². The second kappa shape index (κ2) is 4.01. The minimum atomic E-state index is -0.592. The van der Waals surface area contributed by atoms with Gasteiger partial charge in [0.15, 0.2) is 0 Å². The van der Waals surface area contributed by atoms with Gasteiger partial charge in [-0.2, -0.15) is 0 Å². The number of hydrogen-bond donors (Lipinski definition) is 1. The Morgan fingerprint density at radius 3 is 2.64 bits per heavy atom. The molecule has 4 saturated carbocycles. The minimum absolute atomic E-state index is 0.0787. The van der Waals surface area contributed by atoms with E-state index in [-0.39, 0.29) is 16.9 Å². The van der Waals surface area contributed by atoms with Crippen molar-refractivity contribution in [3.8, 4) is 0 Å². The summed E-state index contributed by atoms with van der Waals surface area (Å²) >= 11 is 1.45. The fourth-order valence-corrected chi connectivity index (χ4v) is 6.87. The number of hydrogen-bond acceptors (Lipinski definition) is 3. The van der Waals surface area contributed by atoms with Crippen LogP contribution in [0.4, 0.5) is 4.39 Å². The van der Waals surface area contributed by atoms with Gasteiger partial charge in [0, 0.05) is 6.42 Å². The first-order valence-corrected chi connectivity index (χ1v) is 8.78. The monoisotopic (exact) mass is 319 g/mol. The Kier molecular flexibility index (Phi) is 2.41. The summed E-state index contributed by atoms with van der Waals surface area (Å²) in [5, 5.41) is 11.3. The molecule has 1 N–H and O–H groups in total. The smallest absolute Gasteiger partial charge is 0.269 e. The molecule has 6 rings (SSSR count). The number of aromatic nitrogens is 1. The molecule has 1 aromatic carbocycles. The van der Waals surface area contributed by atoms with E-state index in [9.17, 15) is 14.3 Å². The van der Waals surface area contributed by atoms with Crippen LogP contribution < -0.4 is 5.56 Å². The fourth-order valence-electron chi connectivity index (χ4n) is 5.71. The Morgan fingerprint density at radius 1 is 1.23 bits per heavy atom. The zero-order valence-electron chi connectivity index (χ0n) is 12.2. The van der Waals surface area contributed by atoms with E-state index in [2.05, 4.69) is 0 Å². The largest absolute Gasteiger partial charge is 0.390 e. The molecule has 2 atom stereocenters. The molecule has 2 aromatic rings. The van der Waals surface area contributed by atoms with Gasteiger partial charge in [0.25, 0.3) is 5.56 Å². The quantitative estimate of drug-likeness (QED) is 0.877. The predicted molar refractivity (Wildman–Crippen MR) is 83.6 cm³/mol. The van der Waals surface area contributed by atoms with Crippen molar-refractivity contribution in [2.75, 3.05) is 0 Å². The van der Waals surface area contributed by atoms with Crippen LogP contribution >= 0.6 is 11.5 Å². The molecular formula is C17H18FNO2S. The standard InChI is InChI=1S/C17H18FNO2S/c18-12-1-2-14-13(4-12)15(20)19(22-14)16-5-10-3-11(6-16)8-17(21,7-10)9-16/h1-2,4,10-11,21H,3,5-9H2. The zero-order chi connectivity index (χ0) is 15.1. The zero-order valence-corrected chi connectivity index (χ0v) is 13.0. The van der Waals surface area contributed by atoms with Crippen LogP contribution in [0.5, 0.6) is 0 Å². The third-order valence-corrected chi connectivity index (χ3v) is 7.26. The Labute approximate surface area is 131 Å². The van der Waals surface area contributed by atoms with Crippen molar-refractivity contribution in [1.29, 1.82) is 0 Å². The van der Waals surface area contributed by atoms with Gasteiger partial charge in [0.1, 0.15) is 5.82 Å². The molecular weight excluding hydrogens is 301 g/mol.